The average molecular weight is 386 g/mol. The summed E-state index contributed by atoms with van der Waals surface area (Å²) < 4.78 is 33.0. The number of nitrogens with one attached hydrogen (secondary N) is 2. The zero-order valence-corrected chi connectivity index (χ0v) is 14.9. The first-order valence-electron chi connectivity index (χ1n) is 7.92. The van der Waals surface area contributed by atoms with Gasteiger partial charge in [-0.1, -0.05) is 12.1 Å². The maximum atomic E-state index is 12.8. The van der Waals surface area contributed by atoms with Crippen molar-refractivity contribution in [2.45, 2.75) is 11.3 Å². The number of hydrogen-bond acceptors (Lipinski definition) is 6. The van der Waals surface area contributed by atoms with Crippen molar-refractivity contribution in [2.24, 2.45) is 0 Å². The highest BCUT2D eigenvalue weighted by atomic mass is 32.2. The number of carbonyl (C=O) groups is 1. The minimum absolute atomic E-state index is 0.0283. The van der Waals surface area contributed by atoms with Crippen molar-refractivity contribution in [3.8, 4) is 11.5 Å². The topological polar surface area (TPSA) is 125 Å². The molecule has 138 valence electrons. The number of fused-ring (bicyclic) bond motifs is 1. The Labute approximate surface area is 153 Å². The number of sulfonamides is 1. The van der Waals surface area contributed by atoms with Crippen molar-refractivity contribution >= 4 is 27.3 Å². The molecule has 27 heavy (non-hydrogen) atoms. The van der Waals surface area contributed by atoms with Crippen molar-refractivity contribution in [1.29, 1.82) is 0 Å². The number of amides is 1. The molecule has 9 nitrogen and oxygen atoms in total. The van der Waals surface area contributed by atoms with E-state index >= 15 is 0 Å². The lowest BCUT2D eigenvalue weighted by Crippen LogP contribution is -2.20. The number of aromatic nitrogens is 2. The summed E-state index contributed by atoms with van der Waals surface area (Å²) in [5.41, 5.74) is 1.87. The second-order valence-electron chi connectivity index (χ2n) is 5.99. The highest BCUT2D eigenvalue weighted by Gasteiger charge is 2.26. The fourth-order valence-corrected chi connectivity index (χ4v) is 4.05. The van der Waals surface area contributed by atoms with Crippen LogP contribution in [0.15, 0.2) is 56.6 Å². The molecule has 1 aliphatic heterocycles. The van der Waals surface area contributed by atoms with Crippen molar-refractivity contribution in [3.63, 3.8) is 0 Å². The first-order valence-corrected chi connectivity index (χ1v) is 9.41. The third-order valence-electron chi connectivity index (χ3n) is 4.28. The lowest BCUT2D eigenvalue weighted by molar-refractivity contribution is -0.117. The van der Waals surface area contributed by atoms with E-state index in [9.17, 15) is 18.0 Å². The molecule has 0 aliphatic carbocycles. The molecule has 1 amide bonds. The molecule has 2 heterocycles. The van der Waals surface area contributed by atoms with E-state index in [-0.39, 0.29) is 28.8 Å². The Balaban J connectivity index is 1.71. The van der Waals surface area contributed by atoms with Gasteiger partial charge in [0.15, 0.2) is 0 Å². The third-order valence-corrected chi connectivity index (χ3v) is 5.64. The molecule has 0 unspecified atom stereocenters. The molecule has 10 heteroatoms. The fourth-order valence-electron chi connectivity index (χ4n) is 2.92. The molecule has 0 spiro atoms. The molecule has 0 saturated carbocycles. The summed E-state index contributed by atoms with van der Waals surface area (Å²) in [6.07, 6.45) is 0.157. The lowest BCUT2D eigenvalue weighted by atomic mass is 10.2. The zero-order valence-electron chi connectivity index (χ0n) is 14.1. The summed E-state index contributed by atoms with van der Waals surface area (Å²) in [6.45, 7) is 0. The number of benzene rings is 2. The molecular formula is C17H14N4O5S. The molecule has 0 fully saturated rings. The number of rotatable bonds is 4. The highest BCUT2D eigenvalue weighted by Crippen LogP contribution is 2.32. The van der Waals surface area contributed by atoms with E-state index in [0.29, 0.717) is 16.8 Å². The molecule has 0 radical (unpaired) electrons. The van der Waals surface area contributed by atoms with Crippen LogP contribution in [0.5, 0.6) is 0 Å². The van der Waals surface area contributed by atoms with Gasteiger partial charge in [-0.2, -0.15) is 0 Å². The molecule has 2 aromatic carbocycles. The van der Waals surface area contributed by atoms with Crippen molar-refractivity contribution < 1.29 is 17.6 Å². The SMILES string of the molecule is CN1C(=O)Cc2cc(S(=O)(=O)Nc3ccccc3-c3n[nH]c(=O)o3)ccc21. The Morgan fingerprint density at radius 2 is 1.96 bits per heavy atom. The molecule has 2 N–H and O–H groups in total. The predicted molar refractivity (Wildman–Crippen MR) is 96.9 cm³/mol. The van der Waals surface area contributed by atoms with Gasteiger partial charge in [-0.3, -0.25) is 9.52 Å². The monoisotopic (exact) mass is 386 g/mol. The number of para-hydroxylation sites is 1. The first kappa shape index (κ1) is 17.0. The van der Waals surface area contributed by atoms with Gasteiger partial charge in [0.25, 0.3) is 15.9 Å². The number of aromatic amines is 1. The van der Waals surface area contributed by atoms with E-state index in [0.717, 1.165) is 0 Å². The second kappa shape index (κ2) is 6.09. The third kappa shape index (κ3) is 2.99. The number of nitrogens with zero attached hydrogens (tertiary/aromatic N) is 2. The molecule has 3 aromatic rings. The van der Waals surface area contributed by atoms with Crippen molar-refractivity contribution in [2.75, 3.05) is 16.7 Å². The number of likely N-dealkylation sites (N-methyl/N-ethyl adjacent to an activating group) is 1. The van der Waals surface area contributed by atoms with Crippen LogP contribution in [0.4, 0.5) is 11.4 Å². The van der Waals surface area contributed by atoms with Gasteiger partial charge in [-0.25, -0.2) is 18.3 Å². The maximum absolute atomic E-state index is 12.8. The van der Waals surface area contributed by atoms with E-state index in [4.69, 9.17) is 4.42 Å². The highest BCUT2D eigenvalue weighted by molar-refractivity contribution is 7.92. The van der Waals surface area contributed by atoms with Crippen LogP contribution in [0.1, 0.15) is 5.56 Å². The van der Waals surface area contributed by atoms with Gasteiger partial charge in [0.05, 0.1) is 22.6 Å². The summed E-state index contributed by atoms with van der Waals surface area (Å²) in [4.78, 5) is 24.5. The predicted octanol–water partition coefficient (Wildman–Crippen LogP) is 1.35. The zero-order chi connectivity index (χ0) is 19.2. The second-order valence-corrected chi connectivity index (χ2v) is 7.67. The summed E-state index contributed by atoms with van der Waals surface area (Å²) in [7, 11) is -2.28. The lowest BCUT2D eigenvalue weighted by Gasteiger charge is -2.13. The van der Waals surface area contributed by atoms with Gasteiger partial charge in [0, 0.05) is 12.7 Å². The minimum atomic E-state index is -3.93. The van der Waals surface area contributed by atoms with Crippen LogP contribution in [0.25, 0.3) is 11.5 Å². The van der Waals surface area contributed by atoms with Gasteiger partial charge in [0.1, 0.15) is 0 Å². The van der Waals surface area contributed by atoms with E-state index in [1.54, 1.807) is 31.3 Å². The molecule has 0 atom stereocenters. The summed E-state index contributed by atoms with van der Waals surface area (Å²) in [5.74, 6) is -0.860. The summed E-state index contributed by atoms with van der Waals surface area (Å²) in [6, 6.07) is 10.9. The largest absolute Gasteiger partial charge is 0.434 e. The normalized spacial score (nSPS) is 13.7. The number of anilines is 2. The Kier molecular flexibility index (Phi) is 3.84. The van der Waals surface area contributed by atoms with Crippen LogP contribution in [0.3, 0.4) is 0 Å². The molecule has 1 aliphatic rings. The Morgan fingerprint density at radius 3 is 2.70 bits per heavy atom. The number of H-pyrrole nitrogens is 1. The van der Waals surface area contributed by atoms with Gasteiger partial charge in [-0.15, -0.1) is 5.10 Å². The Morgan fingerprint density at radius 1 is 1.19 bits per heavy atom. The fraction of sp³-hybridized carbons (Fsp3) is 0.118. The van der Waals surface area contributed by atoms with Crippen LogP contribution >= 0.6 is 0 Å². The molecule has 0 bridgehead atoms. The van der Waals surface area contributed by atoms with Gasteiger partial charge in [-0.05, 0) is 35.9 Å². The van der Waals surface area contributed by atoms with Gasteiger partial charge < -0.3 is 9.32 Å². The van der Waals surface area contributed by atoms with Crippen LogP contribution < -0.4 is 15.4 Å². The van der Waals surface area contributed by atoms with E-state index in [1.807, 2.05) is 0 Å². The molecule has 4 rings (SSSR count). The summed E-state index contributed by atoms with van der Waals surface area (Å²) in [5, 5.41) is 5.87. The van der Waals surface area contributed by atoms with E-state index in [2.05, 4.69) is 14.9 Å². The summed E-state index contributed by atoms with van der Waals surface area (Å²) >= 11 is 0. The van der Waals surface area contributed by atoms with Crippen LogP contribution in [-0.4, -0.2) is 31.6 Å². The standard InChI is InChI=1S/C17H14N4O5S/c1-21-14-7-6-11(8-10(14)9-15(21)22)27(24,25)20-13-5-3-2-4-12(13)16-18-19-17(23)26-16/h2-8,20H,9H2,1H3,(H,19,23). The van der Waals surface area contributed by atoms with Gasteiger partial charge in [0.2, 0.25) is 5.91 Å². The van der Waals surface area contributed by atoms with Crippen LogP contribution in [0.2, 0.25) is 0 Å². The Bertz CT molecular complexity index is 1210. The van der Waals surface area contributed by atoms with E-state index < -0.39 is 15.8 Å². The van der Waals surface area contributed by atoms with Gasteiger partial charge >= 0.3 is 5.76 Å². The van der Waals surface area contributed by atoms with Crippen molar-refractivity contribution in [3.05, 3.63) is 58.6 Å². The Hall–Kier alpha value is -3.40. The first-order chi connectivity index (χ1) is 12.8. The van der Waals surface area contributed by atoms with E-state index in [1.165, 1.54) is 23.1 Å². The smallest absolute Gasteiger partial charge is 0.388 e. The number of hydrogen-bond donors (Lipinski definition) is 2. The average Bonchev–Trinajstić information content (AvgIpc) is 3.18. The molecule has 1 aromatic heterocycles. The van der Waals surface area contributed by atoms with Crippen molar-refractivity contribution in [1.82, 2.24) is 10.2 Å². The molecular weight excluding hydrogens is 372 g/mol. The molecule has 0 saturated heterocycles. The minimum Gasteiger partial charge on any atom is -0.388 e. The number of carbonyl (C=O) groups excluding carboxylic acids is 1. The quantitative estimate of drug-likeness (QED) is 0.697. The van der Waals surface area contributed by atoms with Crippen LogP contribution in [-0.2, 0) is 21.2 Å². The van der Waals surface area contributed by atoms with Crippen LogP contribution in [0, 0.1) is 0 Å². The maximum Gasteiger partial charge on any atom is 0.434 e.